The number of hydrogen-bond donors (Lipinski definition) is 0. The minimum atomic E-state index is -2.41. The molecule has 2 aromatic carbocycles. The van der Waals surface area contributed by atoms with Gasteiger partial charge in [-0.25, -0.2) is 0 Å². The molecule has 0 radical (unpaired) electrons. The highest BCUT2D eigenvalue weighted by Gasteiger charge is 2.50. The number of ether oxygens (including phenoxy) is 1. The molecule has 3 rings (SSSR count). The molecule has 1 aliphatic rings. The quantitative estimate of drug-likeness (QED) is 0.491. The molecule has 2 nitrogen and oxygen atoms in total. The van der Waals surface area contributed by atoms with Gasteiger partial charge in [0.05, 0.1) is 12.7 Å². The van der Waals surface area contributed by atoms with Crippen LogP contribution in [0.2, 0.25) is 5.04 Å². The van der Waals surface area contributed by atoms with E-state index in [0.29, 0.717) is 17.9 Å². The average Bonchev–Trinajstić information content (AvgIpc) is 3.48. The second-order valence-electron chi connectivity index (χ2n) is 9.16. The van der Waals surface area contributed by atoms with E-state index in [2.05, 4.69) is 95.3 Å². The van der Waals surface area contributed by atoms with E-state index in [1.165, 1.54) is 10.4 Å². The Morgan fingerprint density at radius 1 is 0.963 bits per heavy atom. The summed E-state index contributed by atoms with van der Waals surface area (Å²) in [7, 11) is -2.41. The summed E-state index contributed by atoms with van der Waals surface area (Å²) in [5.74, 6) is 1.13. The molecule has 0 aliphatic carbocycles. The zero-order chi connectivity index (χ0) is 19.5. The van der Waals surface area contributed by atoms with Crippen molar-refractivity contribution in [3.8, 4) is 0 Å². The van der Waals surface area contributed by atoms with Crippen molar-refractivity contribution in [2.75, 3.05) is 13.2 Å². The Hall–Kier alpha value is -1.42. The molecule has 0 saturated carbocycles. The van der Waals surface area contributed by atoms with E-state index in [1.807, 2.05) is 0 Å². The van der Waals surface area contributed by atoms with Gasteiger partial charge in [-0.2, -0.15) is 0 Å². The van der Waals surface area contributed by atoms with Crippen LogP contribution >= 0.6 is 0 Å². The van der Waals surface area contributed by atoms with Crippen LogP contribution in [0.1, 0.15) is 41.0 Å². The molecule has 1 fully saturated rings. The number of rotatable bonds is 8. The van der Waals surface area contributed by atoms with Crippen molar-refractivity contribution >= 4 is 18.7 Å². The van der Waals surface area contributed by atoms with Crippen molar-refractivity contribution in [3.63, 3.8) is 0 Å². The average molecular weight is 383 g/mol. The van der Waals surface area contributed by atoms with Crippen LogP contribution in [0.5, 0.6) is 0 Å². The van der Waals surface area contributed by atoms with Crippen LogP contribution in [-0.2, 0) is 9.16 Å². The Kier molecular flexibility index (Phi) is 6.24. The summed E-state index contributed by atoms with van der Waals surface area (Å²) in [6.07, 6.45) is 1.63. The van der Waals surface area contributed by atoms with E-state index in [0.717, 1.165) is 19.6 Å². The van der Waals surface area contributed by atoms with E-state index in [9.17, 15) is 0 Å². The number of benzene rings is 2. The highest BCUT2D eigenvalue weighted by molar-refractivity contribution is 6.99. The van der Waals surface area contributed by atoms with Gasteiger partial charge in [-0.1, -0.05) is 95.3 Å². The smallest absolute Gasteiger partial charge is 0.261 e. The van der Waals surface area contributed by atoms with Crippen molar-refractivity contribution < 1.29 is 9.16 Å². The predicted molar refractivity (Wildman–Crippen MR) is 116 cm³/mol. The molecular formula is C24H34O2Si. The fourth-order valence-electron chi connectivity index (χ4n) is 4.27. The van der Waals surface area contributed by atoms with Gasteiger partial charge >= 0.3 is 0 Å². The van der Waals surface area contributed by atoms with Crippen LogP contribution in [0, 0.1) is 11.8 Å². The van der Waals surface area contributed by atoms with Gasteiger partial charge in [0.15, 0.2) is 0 Å². The fourth-order valence-corrected chi connectivity index (χ4v) is 8.96. The standard InChI is InChI=1S/C24H34O2Si/c1-19(16-20(2)23-18-25-23)17-26-27(24(3,4)5,21-12-8-6-9-13-21)22-14-10-7-11-15-22/h6-15,19-20,23H,16-18H2,1-5H3/t19-,20-,23?/m0/s1. The first-order valence-corrected chi connectivity index (χ1v) is 12.1. The molecular weight excluding hydrogens is 348 g/mol. The first-order chi connectivity index (χ1) is 12.8. The molecule has 1 heterocycles. The van der Waals surface area contributed by atoms with Crippen LogP contribution in [0.25, 0.3) is 0 Å². The lowest BCUT2D eigenvalue weighted by Crippen LogP contribution is -2.66. The van der Waals surface area contributed by atoms with E-state index in [-0.39, 0.29) is 5.04 Å². The van der Waals surface area contributed by atoms with Gasteiger partial charge in [-0.05, 0) is 33.7 Å². The maximum Gasteiger partial charge on any atom is 0.261 e. The highest BCUT2D eigenvalue weighted by atomic mass is 28.4. The first kappa shape index (κ1) is 20.3. The number of hydrogen-bond acceptors (Lipinski definition) is 2. The van der Waals surface area contributed by atoms with Crippen LogP contribution in [-0.4, -0.2) is 27.6 Å². The molecule has 1 saturated heterocycles. The molecule has 3 heteroatoms. The van der Waals surface area contributed by atoms with Crippen molar-refractivity contribution in [1.29, 1.82) is 0 Å². The third-order valence-corrected chi connectivity index (χ3v) is 10.8. The van der Waals surface area contributed by atoms with Crippen molar-refractivity contribution in [2.45, 2.75) is 52.2 Å². The summed E-state index contributed by atoms with van der Waals surface area (Å²) in [6, 6.07) is 21.8. The molecule has 146 valence electrons. The largest absolute Gasteiger partial charge is 0.407 e. The van der Waals surface area contributed by atoms with Crippen LogP contribution in [0.15, 0.2) is 60.7 Å². The Labute approximate surface area is 166 Å². The molecule has 2 aromatic rings. The Balaban J connectivity index is 1.91. The van der Waals surface area contributed by atoms with E-state index >= 15 is 0 Å². The summed E-state index contributed by atoms with van der Waals surface area (Å²) < 4.78 is 12.5. The summed E-state index contributed by atoms with van der Waals surface area (Å²) >= 11 is 0. The lowest BCUT2D eigenvalue weighted by molar-refractivity contribution is 0.211. The Morgan fingerprint density at radius 3 is 1.85 bits per heavy atom. The zero-order valence-corrected chi connectivity index (χ0v) is 18.4. The first-order valence-electron chi connectivity index (χ1n) is 10.2. The molecule has 1 aliphatic heterocycles. The maximum atomic E-state index is 7.03. The molecule has 0 amide bonds. The molecule has 0 bridgehead atoms. The normalized spacial score (nSPS) is 19.5. The van der Waals surface area contributed by atoms with Gasteiger partial charge in [-0.3, -0.25) is 0 Å². The van der Waals surface area contributed by atoms with Crippen molar-refractivity contribution in [1.82, 2.24) is 0 Å². The van der Waals surface area contributed by atoms with Gasteiger partial charge in [-0.15, -0.1) is 0 Å². The topological polar surface area (TPSA) is 21.8 Å². The zero-order valence-electron chi connectivity index (χ0n) is 17.4. The second kappa shape index (κ2) is 8.30. The summed E-state index contributed by atoms with van der Waals surface area (Å²) in [5.41, 5.74) is 0. The summed E-state index contributed by atoms with van der Waals surface area (Å²) in [5, 5.41) is 2.75. The minimum Gasteiger partial charge on any atom is -0.407 e. The second-order valence-corrected chi connectivity index (χ2v) is 13.5. The third-order valence-electron chi connectivity index (χ3n) is 5.77. The van der Waals surface area contributed by atoms with Gasteiger partial charge in [0.1, 0.15) is 0 Å². The Bertz CT molecular complexity index is 665. The molecule has 27 heavy (non-hydrogen) atoms. The molecule has 0 spiro atoms. The van der Waals surface area contributed by atoms with E-state index in [4.69, 9.17) is 9.16 Å². The van der Waals surface area contributed by atoms with E-state index in [1.54, 1.807) is 0 Å². The van der Waals surface area contributed by atoms with E-state index < -0.39 is 8.32 Å². The SMILES string of the molecule is C[C@H](CO[Si](c1ccccc1)(c1ccccc1)C(C)(C)C)C[C@H](C)C1CO1. The molecule has 0 aromatic heterocycles. The third kappa shape index (κ3) is 4.53. The van der Waals surface area contributed by atoms with Gasteiger partial charge in [0, 0.05) is 6.61 Å². The van der Waals surface area contributed by atoms with Crippen LogP contribution in [0.4, 0.5) is 0 Å². The van der Waals surface area contributed by atoms with Crippen LogP contribution in [0.3, 0.4) is 0 Å². The predicted octanol–water partition coefficient (Wildman–Crippen LogP) is 4.62. The van der Waals surface area contributed by atoms with Gasteiger partial charge < -0.3 is 9.16 Å². The Morgan fingerprint density at radius 2 is 1.44 bits per heavy atom. The molecule has 0 N–H and O–H groups in total. The number of epoxide rings is 1. The summed E-state index contributed by atoms with van der Waals surface area (Å²) in [6.45, 7) is 13.4. The lowest BCUT2D eigenvalue weighted by atomic mass is 9.96. The molecule has 1 unspecified atom stereocenters. The maximum absolute atomic E-state index is 7.03. The van der Waals surface area contributed by atoms with Crippen molar-refractivity contribution in [3.05, 3.63) is 60.7 Å². The minimum absolute atomic E-state index is 0.0423. The lowest BCUT2D eigenvalue weighted by Gasteiger charge is -2.43. The van der Waals surface area contributed by atoms with Crippen LogP contribution < -0.4 is 10.4 Å². The summed E-state index contributed by atoms with van der Waals surface area (Å²) in [4.78, 5) is 0. The molecule has 3 atom stereocenters. The highest BCUT2D eigenvalue weighted by Crippen LogP contribution is 2.37. The van der Waals surface area contributed by atoms with Gasteiger partial charge in [0.25, 0.3) is 8.32 Å². The van der Waals surface area contributed by atoms with Crippen molar-refractivity contribution in [2.24, 2.45) is 11.8 Å². The van der Waals surface area contributed by atoms with Gasteiger partial charge in [0.2, 0.25) is 0 Å². The monoisotopic (exact) mass is 382 g/mol. The fraction of sp³-hybridized carbons (Fsp3) is 0.500.